The smallest absolute Gasteiger partial charge is 0.108 e. The summed E-state index contributed by atoms with van der Waals surface area (Å²) in [6, 6.07) is 0. The Labute approximate surface area is 186 Å². The van der Waals surface area contributed by atoms with Crippen LogP contribution in [0.25, 0.3) is 0 Å². The molecule has 1 rings (SSSR count). The van der Waals surface area contributed by atoms with Crippen LogP contribution in [0.15, 0.2) is 0 Å². The minimum atomic E-state index is -1.15. The number of ether oxygens (including phenoxy) is 1. The van der Waals surface area contributed by atoms with Gasteiger partial charge in [0.15, 0.2) is 0 Å². The van der Waals surface area contributed by atoms with Crippen LogP contribution < -0.4 is 0 Å². The minimum Gasteiger partial charge on any atom is -0.402 e. The fourth-order valence-electron chi connectivity index (χ4n) is 1.37. The predicted molar refractivity (Wildman–Crippen MR) is 42.3 cm³/mol. The van der Waals surface area contributed by atoms with E-state index in [4.69, 9.17) is 4.74 Å². The van der Waals surface area contributed by atoms with Crippen molar-refractivity contribution in [2.75, 3.05) is 0 Å². The van der Waals surface area contributed by atoms with Gasteiger partial charge in [0.25, 0.3) is 0 Å². The maximum absolute atomic E-state index is 9.36. The Kier molecular flexibility index (Phi) is 24.2. The number of aliphatic hydroxyl groups excluding tert-OH is 3. The van der Waals surface area contributed by atoms with Crippen molar-refractivity contribution in [1.82, 2.24) is 0 Å². The van der Waals surface area contributed by atoms with Gasteiger partial charge in [-0.2, -0.15) is 0 Å². The van der Waals surface area contributed by atoms with Crippen LogP contribution in [-0.2, 0) is 124 Å². The van der Waals surface area contributed by atoms with Gasteiger partial charge in [0, 0.05) is 119 Å². The second kappa shape index (κ2) is 13.8. The molecule has 0 spiro atoms. The molecular weight excluding hydrogens is 611 g/mol. The molecule has 5 unspecified atom stereocenters. The fourth-order valence-corrected chi connectivity index (χ4v) is 1.37. The van der Waals surface area contributed by atoms with Crippen LogP contribution in [-0.4, -0.2) is 45.8 Å². The van der Waals surface area contributed by atoms with Crippen molar-refractivity contribution in [3.05, 3.63) is 6.92 Å². The topological polar surface area (TPSA) is 69.9 Å². The summed E-state index contributed by atoms with van der Waals surface area (Å²) in [5.74, 6) is 0. The summed E-state index contributed by atoms with van der Waals surface area (Å²) in [6.07, 6.45) is -3.74. The molecule has 1 saturated heterocycles. The number of aliphatic hydroxyl groups is 3. The number of hydrogen-bond donors (Lipinski definition) is 3. The Morgan fingerprint density at radius 2 is 1.44 bits per heavy atom. The average molecular weight is 626 g/mol. The third-order valence-corrected chi connectivity index (χ3v) is 2.21. The quantitative estimate of drug-likeness (QED) is 0.330. The van der Waals surface area contributed by atoms with Crippen molar-refractivity contribution in [2.24, 2.45) is 0 Å². The summed E-state index contributed by atoms with van der Waals surface area (Å²) in [4.78, 5) is 0. The molecule has 1 aliphatic rings. The van der Waals surface area contributed by atoms with E-state index in [2.05, 4.69) is 6.92 Å². The van der Waals surface area contributed by atoms with Crippen LogP contribution in [0.3, 0.4) is 0 Å². The molecule has 0 aromatic rings. The second-order valence-electron chi connectivity index (χ2n) is 3.09. The van der Waals surface area contributed by atoms with Gasteiger partial charge in [-0.15, -0.1) is 0 Å². The van der Waals surface area contributed by atoms with Gasteiger partial charge in [0.1, 0.15) is 12.2 Å². The van der Waals surface area contributed by atoms with Gasteiger partial charge in [-0.3, -0.25) is 0 Å². The van der Waals surface area contributed by atoms with Crippen molar-refractivity contribution in [3.63, 3.8) is 0 Å². The SMILES string of the molecule is [CH2-]C1OC(CC)C(O)C(O)C1O.[W].[Y].[Y].[Y]. The van der Waals surface area contributed by atoms with Gasteiger partial charge < -0.3 is 27.0 Å². The molecule has 0 amide bonds. The predicted octanol–water partition coefficient (Wildman–Crippen LogP) is -0.929. The summed E-state index contributed by atoms with van der Waals surface area (Å²) in [6.45, 7) is 5.36. The molecule has 1 aliphatic heterocycles. The standard InChI is InChI=1S/C8H15O4.W.3Y/c1-3-5-7(10)8(11)6(9)4(2)12-5;;;;/h4-11H,2-3H2,1H3;;;;/q-1;;;;. The number of rotatable bonds is 1. The zero-order chi connectivity index (χ0) is 9.30. The van der Waals surface area contributed by atoms with E-state index in [1.54, 1.807) is 0 Å². The van der Waals surface area contributed by atoms with E-state index >= 15 is 0 Å². The molecule has 4 nitrogen and oxygen atoms in total. The molecule has 16 heavy (non-hydrogen) atoms. The van der Waals surface area contributed by atoms with E-state index in [1.165, 1.54) is 0 Å². The Morgan fingerprint density at radius 3 is 1.81 bits per heavy atom. The molecule has 3 radical (unpaired) electrons. The van der Waals surface area contributed by atoms with Crippen LogP contribution in [0, 0.1) is 6.92 Å². The van der Waals surface area contributed by atoms with Crippen LogP contribution >= 0.6 is 0 Å². The summed E-state index contributed by atoms with van der Waals surface area (Å²) in [5, 5.41) is 27.9. The molecular formula is C8H15O4WY3-. The summed E-state index contributed by atoms with van der Waals surface area (Å²) in [5.41, 5.74) is 0. The van der Waals surface area contributed by atoms with Crippen molar-refractivity contribution < 1.29 is 139 Å². The zero-order valence-corrected chi connectivity index (χ0v) is 20.6. The molecule has 0 aliphatic carbocycles. The van der Waals surface area contributed by atoms with E-state index in [1.807, 2.05) is 6.92 Å². The van der Waals surface area contributed by atoms with Crippen LogP contribution in [0.5, 0.6) is 0 Å². The van der Waals surface area contributed by atoms with Gasteiger partial charge in [0.2, 0.25) is 0 Å². The largest absolute Gasteiger partial charge is 0.402 e. The van der Waals surface area contributed by atoms with E-state index in [9.17, 15) is 15.3 Å². The average Bonchev–Trinajstić information content (AvgIpc) is 2.08. The summed E-state index contributed by atoms with van der Waals surface area (Å²) >= 11 is 0. The molecule has 0 aromatic carbocycles. The van der Waals surface area contributed by atoms with Crippen LogP contribution in [0.1, 0.15) is 13.3 Å². The van der Waals surface area contributed by atoms with Gasteiger partial charge in [-0.25, -0.2) is 0 Å². The second-order valence-corrected chi connectivity index (χ2v) is 3.09. The first-order valence-electron chi connectivity index (χ1n) is 4.10. The van der Waals surface area contributed by atoms with E-state index < -0.39 is 30.5 Å². The summed E-state index contributed by atoms with van der Waals surface area (Å²) < 4.78 is 5.16. The maximum Gasteiger partial charge on any atom is 0.108 e. The Morgan fingerprint density at radius 1 is 1.00 bits per heavy atom. The van der Waals surface area contributed by atoms with E-state index in [0.717, 1.165) is 0 Å². The first-order valence-corrected chi connectivity index (χ1v) is 4.10. The normalized spacial score (nSPS) is 36.9. The van der Waals surface area contributed by atoms with E-state index in [-0.39, 0.29) is 119 Å². The monoisotopic (exact) mass is 626 g/mol. The zero-order valence-electron chi connectivity index (χ0n) is 9.19. The van der Waals surface area contributed by atoms with Gasteiger partial charge >= 0.3 is 0 Å². The Balaban J connectivity index is -0.000000180. The van der Waals surface area contributed by atoms with Crippen LogP contribution in [0.4, 0.5) is 0 Å². The summed E-state index contributed by atoms with van der Waals surface area (Å²) in [7, 11) is 0. The Bertz CT molecular complexity index is 161. The first-order chi connectivity index (χ1) is 5.57. The molecule has 3 N–H and O–H groups in total. The van der Waals surface area contributed by atoms with Crippen LogP contribution in [0.2, 0.25) is 0 Å². The molecule has 87 valence electrons. The number of hydrogen-bond acceptors (Lipinski definition) is 4. The fraction of sp³-hybridized carbons (Fsp3) is 0.875. The maximum atomic E-state index is 9.36. The molecule has 1 heterocycles. The first kappa shape index (κ1) is 28.1. The van der Waals surface area contributed by atoms with Crippen molar-refractivity contribution >= 4 is 0 Å². The van der Waals surface area contributed by atoms with Gasteiger partial charge in [0.05, 0.1) is 12.2 Å². The van der Waals surface area contributed by atoms with Crippen molar-refractivity contribution in [3.8, 4) is 0 Å². The third kappa shape index (κ3) is 7.58. The molecule has 8 heteroatoms. The minimum absolute atomic E-state index is 0. The van der Waals surface area contributed by atoms with Crippen molar-refractivity contribution in [1.29, 1.82) is 0 Å². The van der Waals surface area contributed by atoms with Crippen molar-refractivity contribution in [2.45, 2.75) is 43.9 Å². The van der Waals surface area contributed by atoms with E-state index in [0.29, 0.717) is 6.42 Å². The molecule has 1 fully saturated rings. The molecule has 0 saturated carbocycles. The molecule has 5 atom stereocenters. The molecule has 0 bridgehead atoms. The Hall–Kier alpha value is 3.84. The van der Waals surface area contributed by atoms with Gasteiger partial charge in [-0.05, 0) is 12.5 Å². The van der Waals surface area contributed by atoms with Gasteiger partial charge in [-0.1, -0.05) is 6.92 Å². The third-order valence-electron chi connectivity index (χ3n) is 2.21. The molecule has 0 aromatic heterocycles.